The molecule has 72 heavy (non-hydrogen) atoms. The summed E-state index contributed by atoms with van der Waals surface area (Å²) in [7, 11) is 0. The summed E-state index contributed by atoms with van der Waals surface area (Å²) in [5.41, 5.74) is 15.0. The average molecular weight is 908 g/mol. The molecule has 4 heterocycles. The Morgan fingerprint density at radius 2 is 0.667 bits per heavy atom. The number of para-hydroxylation sites is 1. The number of nitrogens with zero attached hydrogens (tertiary/aromatic N) is 3. The molecule has 328 valence electrons. The van der Waals surface area contributed by atoms with Crippen molar-refractivity contribution in [2.75, 3.05) is 0 Å². The Labute approximate surface area is 411 Å². The summed E-state index contributed by atoms with van der Waals surface area (Å²) < 4.78 is 4.97. The highest BCUT2D eigenvalue weighted by atomic mass is 14.9. The maximum atomic E-state index is 9.72. The molecule has 17 rings (SSSR count). The summed E-state index contributed by atoms with van der Waals surface area (Å²) in [4.78, 5) is 0. The second kappa shape index (κ2) is 13.7. The molecule has 0 N–H and O–H groups in total. The minimum absolute atomic E-state index is 0.665. The highest BCUT2D eigenvalue weighted by Gasteiger charge is 2.23. The second-order valence-corrected chi connectivity index (χ2v) is 19.9. The van der Waals surface area contributed by atoms with Gasteiger partial charge in [0.2, 0.25) is 0 Å². The zero-order chi connectivity index (χ0) is 46.9. The first kappa shape index (κ1) is 38.1. The van der Waals surface area contributed by atoms with Gasteiger partial charge < -0.3 is 8.80 Å². The maximum Gasteiger partial charge on any atom is 0.0991 e. The first-order valence-electron chi connectivity index (χ1n) is 24.8. The molecule has 17 aromatic rings. The summed E-state index contributed by atoms with van der Waals surface area (Å²) in [6.45, 7) is 0. The molecular formula is C69H37N3. The van der Waals surface area contributed by atoms with Crippen LogP contribution in [-0.4, -0.2) is 8.80 Å². The molecule has 3 heteroatoms. The molecule has 0 aliphatic heterocycles. The van der Waals surface area contributed by atoms with Crippen LogP contribution in [0.25, 0.3) is 163 Å². The van der Waals surface area contributed by atoms with Gasteiger partial charge in [-0.05, 0) is 166 Å². The van der Waals surface area contributed by atoms with Gasteiger partial charge in [-0.25, -0.2) is 0 Å². The van der Waals surface area contributed by atoms with Crippen molar-refractivity contribution >= 4 is 130 Å². The monoisotopic (exact) mass is 907 g/mol. The molecule has 0 saturated heterocycles. The van der Waals surface area contributed by atoms with Gasteiger partial charge in [0.15, 0.2) is 0 Å². The number of benzene rings is 13. The van der Waals surface area contributed by atoms with Crippen molar-refractivity contribution in [2.45, 2.75) is 0 Å². The SMILES string of the molecule is N#Cc1cccc(-c2ccc3c(c2)c2c4ccc(-c5ccc6c(c5)c5cc7ccccc7c7c8cc(-c9ccc%10c%11ccccc%11c%11ccccc%11c%10c9)ccc8n6c57)cc4cc4c5ccccc5n3c42)c1. The second-order valence-electron chi connectivity index (χ2n) is 19.9. The summed E-state index contributed by atoms with van der Waals surface area (Å²) in [5.74, 6) is 0. The lowest BCUT2D eigenvalue weighted by molar-refractivity contribution is 1.37. The predicted molar refractivity (Wildman–Crippen MR) is 304 cm³/mol. The van der Waals surface area contributed by atoms with E-state index in [4.69, 9.17) is 0 Å². The van der Waals surface area contributed by atoms with Crippen LogP contribution >= 0.6 is 0 Å². The quantitative estimate of drug-likeness (QED) is 0.163. The lowest BCUT2D eigenvalue weighted by Crippen LogP contribution is -1.86. The van der Waals surface area contributed by atoms with Crippen molar-refractivity contribution in [2.24, 2.45) is 0 Å². The number of hydrogen-bond donors (Lipinski definition) is 0. The van der Waals surface area contributed by atoms with Crippen LogP contribution in [0.4, 0.5) is 0 Å². The number of hydrogen-bond acceptors (Lipinski definition) is 1. The molecule has 0 unspecified atom stereocenters. The molecule has 0 bridgehead atoms. The van der Waals surface area contributed by atoms with Crippen molar-refractivity contribution in [3.8, 4) is 39.4 Å². The molecule has 0 radical (unpaired) electrons. The van der Waals surface area contributed by atoms with Crippen LogP contribution in [-0.2, 0) is 0 Å². The van der Waals surface area contributed by atoms with E-state index in [2.05, 4.69) is 221 Å². The standard InChI is InChI=1S/C69H37N3/c70-38-39-10-9-12-40(30-39)44-23-28-64-61(34-44)67-49-25-20-41(31-47(49)37-58-55-18-7-8-19-62(55)71(64)68(58)67)43-22-27-63-57(33-43)59-36-46-11-1-2-13-48(46)66-60-35-45(24-29-65(60)72(63)69(59)66)42-21-26-54-52-16-4-3-14-50(52)51-15-5-6-17-53(51)56(54)32-42/h1-37H. The largest absolute Gasteiger partial charge is 0.308 e. The summed E-state index contributed by atoms with van der Waals surface area (Å²) in [6.07, 6.45) is 0. The highest BCUT2D eigenvalue weighted by Crippen LogP contribution is 2.48. The normalized spacial score (nSPS) is 12.4. The lowest BCUT2D eigenvalue weighted by atomic mass is 9.91. The van der Waals surface area contributed by atoms with Crippen molar-refractivity contribution < 1.29 is 0 Å². The topological polar surface area (TPSA) is 32.6 Å². The number of fused-ring (bicyclic) bond motifs is 22. The smallest absolute Gasteiger partial charge is 0.0991 e. The van der Waals surface area contributed by atoms with Crippen LogP contribution in [0.1, 0.15) is 5.56 Å². The first-order valence-corrected chi connectivity index (χ1v) is 24.8. The van der Waals surface area contributed by atoms with E-state index in [0.717, 1.165) is 11.1 Å². The number of nitriles is 1. The molecule has 0 atom stereocenters. The predicted octanol–water partition coefficient (Wildman–Crippen LogP) is 18.6. The van der Waals surface area contributed by atoms with Gasteiger partial charge in [0.1, 0.15) is 0 Å². The molecule has 0 saturated carbocycles. The van der Waals surface area contributed by atoms with Gasteiger partial charge in [0.25, 0.3) is 0 Å². The van der Waals surface area contributed by atoms with E-state index >= 15 is 0 Å². The van der Waals surface area contributed by atoms with E-state index in [1.165, 1.54) is 152 Å². The summed E-state index contributed by atoms with van der Waals surface area (Å²) in [5, 5.41) is 32.6. The Bertz CT molecular complexity index is 5260. The van der Waals surface area contributed by atoms with Crippen LogP contribution in [0, 0.1) is 11.3 Å². The molecular weight excluding hydrogens is 871 g/mol. The molecule has 4 aromatic heterocycles. The molecule has 0 amide bonds. The van der Waals surface area contributed by atoms with E-state index in [1.54, 1.807) is 0 Å². The zero-order valence-electron chi connectivity index (χ0n) is 38.7. The fourth-order valence-electron chi connectivity index (χ4n) is 13.2. The van der Waals surface area contributed by atoms with Gasteiger partial charge in [0.05, 0.1) is 44.7 Å². The van der Waals surface area contributed by atoms with E-state index in [9.17, 15) is 5.26 Å². The third-order valence-corrected chi connectivity index (χ3v) is 16.3. The Hall–Kier alpha value is -9.75. The fraction of sp³-hybridized carbons (Fsp3) is 0. The van der Waals surface area contributed by atoms with Gasteiger partial charge in [-0.3, -0.25) is 0 Å². The Kier molecular flexibility index (Phi) is 7.27. The maximum absolute atomic E-state index is 9.72. The van der Waals surface area contributed by atoms with Gasteiger partial charge in [-0.15, -0.1) is 0 Å². The highest BCUT2D eigenvalue weighted by molar-refractivity contribution is 6.34. The average Bonchev–Trinajstić information content (AvgIpc) is 4.18. The van der Waals surface area contributed by atoms with Crippen LogP contribution in [0.3, 0.4) is 0 Å². The van der Waals surface area contributed by atoms with Crippen LogP contribution in [0.2, 0.25) is 0 Å². The minimum atomic E-state index is 0.665. The first-order chi connectivity index (χ1) is 35.6. The third kappa shape index (κ3) is 4.92. The zero-order valence-corrected chi connectivity index (χ0v) is 38.7. The summed E-state index contributed by atoms with van der Waals surface area (Å²) >= 11 is 0. The van der Waals surface area contributed by atoms with E-state index in [-0.39, 0.29) is 0 Å². The number of rotatable bonds is 3. The third-order valence-electron chi connectivity index (χ3n) is 16.3. The molecule has 0 aliphatic carbocycles. The van der Waals surface area contributed by atoms with Crippen molar-refractivity contribution in [3.63, 3.8) is 0 Å². The lowest BCUT2D eigenvalue weighted by Gasteiger charge is -2.12. The van der Waals surface area contributed by atoms with Crippen molar-refractivity contribution in [3.05, 3.63) is 230 Å². The van der Waals surface area contributed by atoms with E-state index < -0.39 is 0 Å². The van der Waals surface area contributed by atoms with Gasteiger partial charge in [-0.1, -0.05) is 146 Å². The Morgan fingerprint density at radius 1 is 0.250 bits per heavy atom. The van der Waals surface area contributed by atoms with Gasteiger partial charge in [-0.2, -0.15) is 5.26 Å². The Balaban J connectivity index is 0.858. The molecule has 13 aromatic carbocycles. The van der Waals surface area contributed by atoms with Crippen LogP contribution < -0.4 is 0 Å². The molecule has 0 fully saturated rings. The van der Waals surface area contributed by atoms with Crippen LogP contribution in [0.5, 0.6) is 0 Å². The number of aromatic nitrogens is 2. The van der Waals surface area contributed by atoms with Crippen molar-refractivity contribution in [1.29, 1.82) is 5.26 Å². The molecule has 0 spiro atoms. The molecule has 0 aliphatic rings. The fourth-order valence-corrected chi connectivity index (χ4v) is 13.2. The summed E-state index contributed by atoms with van der Waals surface area (Å²) in [6, 6.07) is 85.6. The Morgan fingerprint density at radius 3 is 1.31 bits per heavy atom. The molecule has 3 nitrogen and oxygen atoms in total. The van der Waals surface area contributed by atoms with Gasteiger partial charge in [0, 0.05) is 43.1 Å². The van der Waals surface area contributed by atoms with Crippen molar-refractivity contribution in [1.82, 2.24) is 8.80 Å². The van der Waals surface area contributed by atoms with Gasteiger partial charge >= 0.3 is 0 Å². The minimum Gasteiger partial charge on any atom is -0.308 e. The van der Waals surface area contributed by atoms with Crippen LogP contribution in [0.15, 0.2) is 224 Å². The van der Waals surface area contributed by atoms with E-state index in [1.807, 2.05) is 18.2 Å². The van der Waals surface area contributed by atoms with E-state index in [0.29, 0.717) is 5.56 Å².